The fourth-order valence-electron chi connectivity index (χ4n) is 2.93. The molecule has 0 radical (unpaired) electrons. The molecule has 0 fully saturated rings. The van der Waals surface area contributed by atoms with Crippen LogP contribution in [0.5, 0.6) is 0 Å². The molecular weight excluding hydrogens is 310 g/mol. The molecule has 0 saturated carbocycles. The Morgan fingerprint density at radius 1 is 1.33 bits per heavy atom. The molecule has 1 aliphatic heterocycles. The molecule has 8 heteroatoms. The molecular formula is C16H15N5O3. The van der Waals surface area contributed by atoms with Crippen LogP contribution in [0.25, 0.3) is 10.9 Å². The van der Waals surface area contributed by atoms with Gasteiger partial charge in [-0.2, -0.15) is 5.10 Å². The lowest BCUT2D eigenvalue weighted by molar-refractivity contribution is 0.0697. The third-order valence-electron chi connectivity index (χ3n) is 4.15. The van der Waals surface area contributed by atoms with Crippen LogP contribution in [-0.2, 0) is 19.5 Å². The molecule has 3 aromatic rings. The van der Waals surface area contributed by atoms with Crippen molar-refractivity contribution in [2.45, 2.75) is 19.5 Å². The van der Waals surface area contributed by atoms with Crippen LogP contribution in [0.1, 0.15) is 16.1 Å². The van der Waals surface area contributed by atoms with Gasteiger partial charge in [-0.1, -0.05) is 0 Å². The number of aryl methyl sites for hydroxylation is 2. The second-order valence-corrected chi connectivity index (χ2v) is 5.68. The highest BCUT2D eigenvalue weighted by Gasteiger charge is 2.14. The van der Waals surface area contributed by atoms with Gasteiger partial charge in [-0.05, 0) is 18.2 Å². The van der Waals surface area contributed by atoms with Gasteiger partial charge in [-0.3, -0.25) is 14.0 Å². The smallest absolute Gasteiger partial charge is 0.335 e. The zero-order valence-corrected chi connectivity index (χ0v) is 12.8. The van der Waals surface area contributed by atoms with E-state index < -0.39 is 5.97 Å². The zero-order chi connectivity index (χ0) is 16.7. The molecule has 0 unspecified atom stereocenters. The monoisotopic (exact) mass is 325 g/mol. The van der Waals surface area contributed by atoms with Gasteiger partial charge in [-0.25, -0.2) is 9.78 Å². The van der Waals surface area contributed by atoms with Crippen LogP contribution in [0.15, 0.2) is 35.3 Å². The predicted octanol–water partition coefficient (Wildman–Crippen LogP) is 0.959. The van der Waals surface area contributed by atoms with Crippen LogP contribution in [0, 0.1) is 0 Å². The number of nitrogens with one attached hydrogen (secondary N) is 1. The number of hydrogen-bond acceptors (Lipinski definition) is 5. The Morgan fingerprint density at radius 2 is 2.21 bits per heavy atom. The molecule has 0 saturated heterocycles. The van der Waals surface area contributed by atoms with Crippen LogP contribution in [0.2, 0.25) is 0 Å². The molecule has 4 rings (SSSR count). The Bertz CT molecular complexity index is 1000. The number of fused-ring (bicyclic) bond motifs is 2. The second kappa shape index (κ2) is 5.48. The van der Waals surface area contributed by atoms with Crippen LogP contribution in [0.4, 0.5) is 5.95 Å². The van der Waals surface area contributed by atoms with Gasteiger partial charge >= 0.3 is 5.97 Å². The minimum atomic E-state index is -0.958. The lowest BCUT2D eigenvalue weighted by atomic mass is 10.1. The summed E-state index contributed by atoms with van der Waals surface area (Å²) in [6, 6.07) is 6.47. The Hall–Kier alpha value is -3.16. The van der Waals surface area contributed by atoms with Gasteiger partial charge in [0.1, 0.15) is 0 Å². The fourth-order valence-corrected chi connectivity index (χ4v) is 2.93. The van der Waals surface area contributed by atoms with Crippen LogP contribution >= 0.6 is 0 Å². The topological polar surface area (TPSA) is 102 Å². The maximum absolute atomic E-state index is 12.0. The van der Waals surface area contributed by atoms with Crippen molar-refractivity contribution in [1.29, 1.82) is 0 Å². The van der Waals surface area contributed by atoms with Gasteiger partial charge in [-0.15, -0.1) is 0 Å². The Balaban J connectivity index is 1.58. The molecule has 0 bridgehead atoms. The first-order valence-electron chi connectivity index (χ1n) is 7.65. The van der Waals surface area contributed by atoms with Gasteiger partial charge in [0.2, 0.25) is 5.95 Å². The lowest BCUT2D eigenvalue weighted by Gasteiger charge is -2.06. The molecule has 0 atom stereocenters. The van der Waals surface area contributed by atoms with Gasteiger partial charge in [0.15, 0.2) is 0 Å². The van der Waals surface area contributed by atoms with Crippen molar-refractivity contribution in [3.63, 3.8) is 0 Å². The summed E-state index contributed by atoms with van der Waals surface area (Å²) in [4.78, 5) is 27.5. The number of aromatic nitrogens is 4. The average Bonchev–Trinajstić information content (AvgIpc) is 3.19. The van der Waals surface area contributed by atoms with Gasteiger partial charge in [0.25, 0.3) is 5.56 Å². The standard InChI is InChI=1S/C16H15N5O3/c22-14-8-12(19-16-17-4-6-20(14)16)3-5-21-13-2-1-10(15(23)24)7-11(13)9-18-21/h1-2,7-9H,3-6H2,(H,17,19)(H,23,24). The summed E-state index contributed by atoms with van der Waals surface area (Å²) in [6.45, 7) is 1.93. The lowest BCUT2D eigenvalue weighted by Crippen LogP contribution is -2.19. The first-order valence-corrected chi connectivity index (χ1v) is 7.65. The molecule has 0 spiro atoms. The molecule has 0 amide bonds. The Kier molecular flexibility index (Phi) is 3.30. The minimum Gasteiger partial charge on any atom is -0.478 e. The van der Waals surface area contributed by atoms with E-state index in [1.807, 2.05) is 0 Å². The van der Waals surface area contributed by atoms with Crippen molar-refractivity contribution in [2.24, 2.45) is 0 Å². The number of nitrogens with zero attached hydrogens (tertiary/aromatic N) is 4. The summed E-state index contributed by atoms with van der Waals surface area (Å²) in [5, 5.41) is 17.2. The molecule has 122 valence electrons. The molecule has 0 aliphatic carbocycles. The molecule has 1 aromatic carbocycles. The molecule has 24 heavy (non-hydrogen) atoms. The van der Waals surface area contributed by atoms with Crippen molar-refractivity contribution < 1.29 is 9.90 Å². The first-order chi connectivity index (χ1) is 11.6. The van der Waals surface area contributed by atoms with E-state index in [1.54, 1.807) is 39.7 Å². The maximum atomic E-state index is 12.0. The number of hydrogen-bond donors (Lipinski definition) is 2. The summed E-state index contributed by atoms with van der Waals surface area (Å²) in [5.74, 6) is -0.339. The summed E-state index contributed by atoms with van der Waals surface area (Å²) in [5.41, 5.74) is 1.76. The number of benzene rings is 1. The van der Waals surface area contributed by atoms with Crippen molar-refractivity contribution >= 4 is 22.8 Å². The maximum Gasteiger partial charge on any atom is 0.335 e. The highest BCUT2D eigenvalue weighted by Crippen LogP contribution is 2.17. The number of carbonyl (C=O) groups is 1. The second-order valence-electron chi connectivity index (χ2n) is 5.68. The quantitative estimate of drug-likeness (QED) is 0.741. The number of carboxylic acids is 1. The van der Waals surface area contributed by atoms with Crippen molar-refractivity contribution in [1.82, 2.24) is 19.3 Å². The number of anilines is 1. The number of carboxylic acid groups (broad SMARTS) is 1. The first kappa shape index (κ1) is 14.4. The molecule has 3 heterocycles. The van der Waals surface area contributed by atoms with Crippen LogP contribution in [0.3, 0.4) is 0 Å². The molecule has 8 nitrogen and oxygen atoms in total. The highest BCUT2D eigenvalue weighted by atomic mass is 16.4. The Labute approximate surface area is 136 Å². The Morgan fingerprint density at radius 3 is 3.04 bits per heavy atom. The number of rotatable bonds is 4. The van der Waals surface area contributed by atoms with Gasteiger partial charge < -0.3 is 10.4 Å². The SMILES string of the molecule is O=C(O)c1ccc2c(cnn2CCc2cc(=O)n3c(n2)NCC3)c1. The highest BCUT2D eigenvalue weighted by molar-refractivity contribution is 5.93. The summed E-state index contributed by atoms with van der Waals surface area (Å²) in [6.07, 6.45) is 2.22. The normalized spacial score (nSPS) is 13.0. The van der Waals surface area contributed by atoms with Crippen molar-refractivity contribution in [2.75, 3.05) is 11.9 Å². The van der Waals surface area contributed by atoms with E-state index in [2.05, 4.69) is 15.4 Å². The molecule has 1 aliphatic rings. The summed E-state index contributed by atoms with van der Waals surface area (Å²) < 4.78 is 3.42. The summed E-state index contributed by atoms with van der Waals surface area (Å²) in [7, 11) is 0. The van der Waals surface area contributed by atoms with E-state index in [4.69, 9.17) is 5.11 Å². The molecule has 2 N–H and O–H groups in total. The molecule has 2 aromatic heterocycles. The van der Waals surface area contributed by atoms with Crippen LogP contribution in [-0.4, -0.2) is 37.0 Å². The van der Waals surface area contributed by atoms with E-state index in [-0.39, 0.29) is 11.1 Å². The van der Waals surface area contributed by atoms with E-state index in [0.29, 0.717) is 31.2 Å². The van der Waals surface area contributed by atoms with Crippen molar-refractivity contribution in [3.8, 4) is 0 Å². The largest absolute Gasteiger partial charge is 0.478 e. The third-order valence-corrected chi connectivity index (χ3v) is 4.15. The van der Waals surface area contributed by atoms with E-state index in [0.717, 1.165) is 17.4 Å². The van der Waals surface area contributed by atoms with E-state index in [1.165, 1.54) is 0 Å². The van der Waals surface area contributed by atoms with Crippen molar-refractivity contribution in [3.05, 3.63) is 52.1 Å². The predicted molar refractivity (Wildman–Crippen MR) is 87.4 cm³/mol. The third kappa shape index (κ3) is 2.41. The van der Waals surface area contributed by atoms with Crippen LogP contribution < -0.4 is 10.9 Å². The summed E-state index contributed by atoms with van der Waals surface area (Å²) >= 11 is 0. The average molecular weight is 325 g/mol. The van der Waals surface area contributed by atoms with E-state index >= 15 is 0 Å². The number of aromatic carboxylic acids is 1. The minimum absolute atomic E-state index is 0.0450. The van der Waals surface area contributed by atoms with Gasteiger partial charge in [0.05, 0.1) is 23.0 Å². The fraction of sp³-hybridized carbons (Fsp3) is 0.250. The van der Waals surface area contributed by atoms with Gasteiger partial charge in [0, 0.05) is 37.5 Å². The zero-order valence-electron chi connectivity index (χ0n) is 12.8. The van der Waals surface area contributed by atoms with E-state index in [9.17, 15) is 9.59 Å².